The maximum absolute atomic E-state index is 12.9. The predicted octanol–water partition coefficient (Wildman–Crippen LogP) is 3.10. The van der Waals surface area contributed by atoms with E-state index >= 15 is 0 Å². The van der Waals surface area contributed by atoms with Gasteiger partial charge in [0.1, 0.15) is 0 Å². The average molecular weight is 347 g/mol. The molecule has 1 N–H and O–H groups in total. The monoisotopic (exact) mass is 346 g/mol. The van der Waals surface area contributed by atoms with Gasteiger partial charge in [-0.3, -0.25) is 14.8 Å². The van der Waals surface area contributed by atoms with Crippen molar-refractivity contribution < 1.29 is 4.79 Å². The zero-order valence-electron chi connectivity index (χ0n) is 14.9. The van der Waals surface area contributed by atoms with E-state index in [1.165, 1.54) is 5.56 Å². The van der Waals surface area contributed by atoms with Crippen LogP contribution in [0.3, 0.4) is 0 Å². The molecule has 24 heavy (non-hydrogen) atoms. The van der Waals surface area contributed by atoms with Crippen molar-refractivity contribution in [3.63, 3.8) is 0 Å². The van der Waals surface area contributed by atoms with E-state index in [-0.39, 0.29) is 11.8 Å². The first-order chi connectivity index (χ1) is 11.5. The van der Waals surface area contributed by atoms with Gasteiger partial charge in [-0.1, -0.05) is 0 Å². The minimum Gasteiger partial charge on any atom is -0.340 e. The highest BCUT2D eigenvalue weighted by Crippen LogP contribution is 2.26. The van der Waals surface area contributed by atoms with Crippen LogP contribution in [0.1, 0.15) is 48.3 Å². The van der Waals surface area contributed by atoms with Gasteiger partial charge in [-0.2, -0.15) is 16.4 Å². The topological polar surface area (TPSA) is 52.2 Å². The van der Waals surface area contributed by atoms with Gasteiger partial charge in [0.05, 0.1) is 11.6 Å². The number of hydrogen-bond acceptors (Lipinski definition) is 4. The van der Waals surface area contributed by atoms with Gasteiger partial charge in [-0.05, 0) is 50.1 Å². The molecule has 0 radical (unpaired) electrons. The SMILES string of the molecule is Cc1n[nH]c(C)c1[C@H](C)C(=O)N1CCN([C@H](C)c2ccsc2)CC1. The Bertz CT molecular complexity index is 666. The van der Waals surface area contributed by atoms with Crippen molar-refractivity contribution in [2.75, 3.05) is 26.2 Å². The van der Waals surface area contributed by atoms with Crippen molar-refractivity contribution in [3.8, 4) is 0 Å². The van der Waals surface area contributed by atoms with Crippen molar-refractivity contribution >= 4 is 17.2 Å². The van der Waals surface area contributed by atoms with Crippen LogP contribution < -0.4 is 0 Å². The largest absolute Gasteiger partial charge is 0.340 e. The molecule has 130 valence electrons. The van der Waals surface area contributed by atoms with E-state index in [4.69, 9.17) is 0 Å². The second-order valence-corrected chi connectivity index (χ2v) is 7.44. The molecular formula is C18H26N4OS. The van der Waals surface area contributed by atoms with E-state index in [1.54, 1.807) is 11.3 Å². The van der Waals surface area contributed by atoms with Crippen LogP contribution in [0.4, 0.5) is 0 Å². The minimum absolute atomic E-state index is 0.135. The smallest absolute Gasteiger partial charge is 0.230 e. The van der Waals surface area contributed by atoms with E-state index in [1.807, 2.05) is 25.7 Å². The second-order valence-electron chi connectivity index (χ2n) is 6.66. The molecule has 1 amide bonds. The highest BCUT2D eigenvalue weighted by Gasteiger charge is 2.29. The van der Waals surface area contributed by atoms with E-state index in [2.05, 4.69) is 38.8 Å². The fourth-order valence-corrected chi connectivity index (χ4v) is 4.39. The van der Waals surface area contributed by atoms with Crippen LogP contribution in [-0.2, 0) is 4.79 Å². The number of nitrogens with zero attached hydrogens (tertiary/aromatic N) is 3. The number of piperazine rings is 1. The molecule has 2 aromatic rings. The van der Waals surface area contributed by atoms with Crippen molar-refractivity contribution in [2.24, 2.45) is 0 Å². The van der Waals surface area contributed by atoms with Gasteiger partial charge in [0.15, 0.2) is 0 Å². The molecule has 0 saturated carbocycles. The Balaban J connectivity index is 1.61. The first-order valence-corrected chi connectivity index (χ1v) is 9.49. The van der Waals surface area contributed by atoms with Crippen LogP contribution in [0.25, 0.3) is 0 Å². The summed E-state index contributed by atoms with van der Waals surface area (Å²) in [5, 5.41) is 11.6. The number of H-pyrrole nitrogens is 1. The number of rotatable bonds is 4. The summed E-state index contributed by atoms with van der Waals surface area (Å²) in [4.78, 5) is 17.3. The Kier molecular flexibility index (Phi) is 5.06. The van der Waals surface area contributed by atoms with Crippen LogP contribution >= 0.6 is 11.3 Å². The number of amides is 1. The molecule has 1 aliphatic rings. The summed E-state index contributed by atoms with van der Waals surface area (Å²) in [7, 11) is 0. The number of aryl methyl sites for hydroxylation is 2. The molecule has 3 rings (SSSR count). The summed E-state index contributed by atoms with van der Waals surface area (Å²) in [6.45, 7) is 11.6. The van der Waals surface area contributed by atoms with Crippen LogP contribution in [0.15, 0.2) is 16.8 Å². The zero-order chi connectivity index (χ0) is 17.3. The van der Waals surface area contributed by atoms with Crippen molar-refractivity contribution in [3.05, 3.63) is 39.3 Å². The zero-order valence-corrected chi connectivity index (χ0v) is 15.7. The Morgan fingerprint density at radius 1 is 1.25 bits per heavy atom. The minimum atomic E-state index is -0.135. The molecule has 0 aliphatic carbocycles. The van der Waals surface area contributed by atoms with E-state index in [0.717, 1.165) is 43.1 Å². The second kappa shape index (κ2) is 7.07. The van der Waals surface area contributed by atoms with Gasteiger partial charge in [0, 0.05) is 43.5 Å². The molecule has 0 unspecified atom stereocenters. The summed E-state index contributed by atoms with van der Waals surface area (Å²) in [6, 6.07) is 2.61. The van der Waals surface area contributed by atoms with Crippen molar-refractivity contribution in [2.45, 2.75) is 39.7 Å². The van der Waals surface area contributed by atoms with E-state index < -0.39 is 0 Å². The number of carbonyl (C=O) groups is 1. The summed E-state index contributed by atoms with van der Waals surface area (Å²) < 4.78 is 0. The molecule has 3 heterocycles. The number of hydrogen-bond donors (Lipinski definition) is 1. The molecule has 1 saturated heterocycles. The summed E-state index contributed by atoms with van der Waals surface area (Å²) in [5.74, 6) is 0.0787. The molecule has 0 spiro atoms. The fraction of sp³-hybridized carbons (Fsp3) is 0.556. The first kappa shape index (κ1) is 17.2. The molecule has 5 nitrogen and oxygen atoms in total. The van der Waals surface area contributed by atoms with Gasteiger partial charge in [-0.15, -0.1) is 0 Å². The normalized spacial score (nSPS) is 18.6. The third-order valence-electron chi connectivity index (χ3n) is 5.19. The van der Waals surface area contributed by atoms with Gasteiger partial charge in [0.2, 0.25) is 5.91 Å². The summed E-state index contributed by atoms with van der Waals surface area (Å²) >= 11 is 1.74. The third-order valence-corrected chi connectivity index (χ3v) is 5.89. The lowest BCUT2D eigenvalue weighted by molar-refractivity contribution is -0.134. The van der Waals surface area contributed by atoms with Crippen LogP contribution in [0, 0.1) is 13.8 Å². The summed E-state index contributed by atoms with van der Waals surface area (Å²) in [5.41, 5.74) is 4.35. The molecule has 2 atom stereocenters. The molecule has 6 heteroatoms. The Labute approximate surface area is 147 Å². The molecular weight excluding hydrogens is 320 g/mol. The fourth-order valence-electron chi connectivity index (χ4n) is 3.65. The van der Waals surface area contributed by atoms with Crippen LogP contribution in [0.2, 0.25) is 0 Å². The number of thiophene rings is 1. The standard InChI is InChI=1S/C18H26N4OS/c1-12(17-13(2)19-20-14(17)3)18(23)22-8-6-21(7-9-22)15(4)16-5-10-24-11-16/h5,10-12,15H,6-9H2,1-4H3,(H,19,20)/t12-,15+/m0/s1. The van der Waals surface area contributed by atoms with Gasteiger partial charge < -0.3 is 4.90 Å². The van der Waals surface area contributed by atoms with Crippen LogP contribution in [-0.4, -0.2) is 52.1 Å². The van der Waals surface area contributed by atoms with Crippen molar-refractivity contribution in [1.29, 1.82) is 0 Å². The average Bonchev–Trinajstić information content (AvgIpc) is 3.23. The highest BCUT2D eigenvalue weighted by atomic mass is 32.1. The third kappa shape index (κ3) is 3.26. The Hall–Kier alpha value is -1.66. The van der Waals surface area contributed by atoms with Gasteiger partial charge >= 0.3 is 0 Å². The van der Waals surface area contributed by atoms with Gasteiger partial charge in [-0.25, -0.2) is 0 Å². The maximum Gasteiger partial charge on any atom is 0.230 e. The number of carbonyl (C=O) groups excluding carboxylic acids is 1. The molecule has 1 aliphatic heterocycles. The Morgan fingerprint density at radius 2 is 1.96 bits per heavy atom. The number of nitrogens with one attached hydrogen (secondary N) is 1. The highest BCUT2D eigenvalue weighted by molar-refractivity contribution is 7.07. The quantitative estimate of drug-likeness (QED) is 0.925. The molecule has 1 fully saturated rings. The lowest BCUT2D eigenvalue weighted by Crippen LogP contribution is -2.50. The molecule has 2 aromatic heterocycles. The predicted molar refractivity (Wildman–Crippen MR) is 97.4 cm³/mol. The lowest BCUT2D eigenvalue weighted by Gasteiger charge is -2.38. The molecule has 0 aromatic carbocycles. The van der Waals surface area contributed by atoms with Gasteiger partial charge in [0.25, 0.3) is 0 Å². The van der Waals surface area contributed by atoms with Crippen molar-refractivity contribution in [1.82, 2.24) is 20.0 Å². The lowest BCUT2D eigenvalue weighted by atomic mass is 9.97. The molecule has 0 bridgehead atoms. The summed E-state index contributed by atoms with van der Waals surface area (Å²) in [6.07, 6.45) is 0. The first-order valence-electron chi connectivity index (χ1n) is 8.55. The number of aromatic amines is 1. The maximum atomic E-state index is 12.9. The van der Waals surface area contributed by atoms with E-state index in [9.17, 15) is 4.79 Å². The van der Waals surface area contributed by atoms with E-state index in [0.29, 0.717) is 6.04 Å². The van der Waals surface area contributed by atoms with Crippen LogP contribution in [0.5, 0.6) is 0 Å². The Morgan fingerprint density at radius 3 is 2.50 bits per heavy atom. The number of aromatic nitrogens is 2.